The van der Waals surface area contributed by atoms with E-state index in [0.717, 1.165) is 29.3 Å². The number of nitrogens with zero attached hydrogens (tertiary/aromatic N) is 2. The number of halogens is 1. The first kappa shape index (κ1) is 24.6. The highest BCUT2D eigenvalue weighted by molar-refractivity contribution is 9.10. The summed E-state index contributed by atoms with van der Waals surface area (Å²) in [6.07, 6.45) is 0.746. The molecule has 0 aromatic heterocycles. The lowest BCUT2D eigenvalue weighted by molar-refractivity contribution is -0.151. The minimum atomic E-state index is -1.04. The van der Waals surface area contributed by atoms with Gasteiger partial charge in [-0.05, 0) is 53.4 Å². The van der Waals surface area contributed by atoms with E-state index < -0.39 is 12.2 Å². The van der Waals surface area contributed by atoms with Crippen molar-refractivity contribution in [3.05, 3.63) is 22.2 Å². The molecule has 2 aliphatic rings. The topological polar surface area (TPSA) is 97.8 Å². The van der Waals surface area contributed by atoms with Crippen LogP contribution in [-0.4, -0.2) is 86.2 Å². The zero-order chi connectivity index (χ0) is 23.3. The van der Waals surface area contributed by atoms with Gasteiger partial charge in [-0.2, -0.15) is 0 Å². The average Bonchev–Trinajstić information content (AvgIpc) is 3.61. The first-order valence-electron chi connectivity index (χ1n) is 10.8. The molecule has 1 aromatic rings. The molecule has 2 amide bonds. The fourth-order valence-electron chi connectivity index (χ4n) is 3.86. The predicted octanol–water partition coefficient (Wildman–Crippen LogP) is 3.30. The molecule has 0 bridgehead atoms. The fourth-order valence-corrected chi connectivity index (χ4v) is 4.48. The third-order valence-corrected chi connectivity index (χ3v) is 6.28. The third-order valence-electron chi connectivity index (χ3n) is 5.69. The van der Waals surface area contributed by atoms with Crippen molar-refractivity contribution in [1.82, 2.24) is 9.80 Å². The fraction of sp³-hybridized carbons (Fsp3) is 0.636. The zero-order valence-electron chi connectivity index (χ0n) is 18.7. The summed E-state index contributed by atoms with van der Waals surface area (Å²) in [6, 6.07) is 3.70. The second kappa shape index (κ2) is 11.2. The number of rotatable bonds is 10. The van der Waals surface area contributed by atoms with Crippen molar-refractivity contribution in [2.75, 3.05) is 47.1 Å². The smallest absolute Gasteiger partial charge is 0.407 e. The molecule has 9 nitrogen and oxygen atoms in total. The van der Waals surface area contributed by atoms with Crippen LogP contribution in [0.15, 0.2) is 16.6 Å². The maximum Gasteiger partial charge on any atom is 0.407 e. The lowest BCUT2D eigenvalue weighted by atomic mass is 10.0. The van der Waals surface area contributed by atoms with Crippen LogP contribution in [0.25, 0.3) is 0 Å². The number of benzene rings is 1. The van der Waals surface area contributed by atoms with Crippen molar-refractivity contribution in [2.45, 2.75) is 44.4 Å². The average molecular weight is 515 g/mol. The molecule has 1 saturated heterocycles. The molecule has 32 heavy (non-hydrogen) atoms. The standard InChI is InChI=1S/C22H31BrN2O7/c1-14(15-11-17(23)20(30-3)18(12-15)31-9-4-8-29-2)25(16-5-6-16)21(26)19-13-24(22(27)28)7-10-32-19/h11-12,14,16,19H,4-10,13H2,1-3H3,(H,27,28)/t14?,19-/m1/s1. The monoisotopic (exact) mass is 514 g/mol. The molecule has 10 heteroatoms. The second-order valence-electron chi connectivity index (χ2n) is 7.97. The van der Waals surface area contributed by atoms with Crippen molar-refractivity contribution in [1.29, 1.82) is 0 Å². The third kappa shape index (κ3) is 5.85. The summed E-state index contributed by atoms with van der Waals surface area (Å²) in [5.74, 6) is 1.00. The van der Waals surface area contributed by atoms with E-state index in [2.05, 4.69) is 15.9 Å². The molecule has 1 aromatic carbocycles. The van der Waals surface area contributed by atoms with Crippen LogP contribution >= 0.6 is 15.9 Å². The van der Waals surface area contributed by atoms with E-state index in [0.29, 0.717) is 24.7 Å². The highest BCUT2D eigenvalue weighted by atomic mass is 79.9. The Labute approximate surface area is 196 Å². The maximum atomic E-state index is 13.4. The van der Waals surface area contributed by atoms with Crippen molar-refractivity contribution in [2.24, 2.45) is 0 Å². The Bertz CT molecular complexity index is 818. The summed E-state index contributed by atoms with van der Waals surface area (Å²) in [4.78, 5) is 27.8. The summed E-state index contributed by atoms with van der Waals surface area (Å²) in [5.41, 5.74) is 0.894. The molecule has 0 radical (unpaired) electrons. The van der Waals surface area contributed by atoms with Gasteiger partial charge in [0, 0.05) is 32.7 Å². The van der Waals surface area contributed by atoms with E-state index in [-0.39, 0.29) is 37.7 Å². The molecule has 178 valence electrons. The van der Waals surface area contributed by atoms with Crippen LogP contribution < -0.4 is 9.47 Å². The molecular formula is C22H31BrN2O7. The Balaban J connectivity index is 1.81. The van der Waals surface area contributed by atoms with Gasteiger partial charge in [-0.3, -0.25) is 4.79 Å². The van der Waals surface area contributed by atoms with Gasteiger partial charge in [0.15, 0.2) is 17.6 Å². The number of ether oxygens (including phenoxy) is 4. The van der Waals surface area contributed by atoms with Crippen LogP contribution in [0.4, 0.5) is 4.79 Å². The summed E-state index contributed by atoms with van der Waals surface area (Å²) < 4.78 is 22.9. The lowest BCUT2D eigenvalue weighted by Gasteiger charge is -2.36. The molecule has 3 rings (SSSR count). The SMILES string of the molecule is COCCCOc1cc(C(C)N(C(=O)[C@H]2CN(C(=O)O)CCO2)C2CC2)cc(Br)c1OC. The summed E-state index contributed by atoms with van der Waals surface area (Å²) in [6.45, 7) is 3.57. The Morgan fingerprint density at radius 2 is 2.06 bits per heavy atom. The van der Waals surface area contributed by atoms with Crippen LogP contribution in [0.1, 0.15) is 37.8 Å². The van der Waals surface area contributed by atoms with Crippen molar-refractivity contribution < 1.29 is 33.6 Å². The van der Waals surface area contributed by atoms with Crippen LogP contribution in [0.3, 0.4) is 0 Å². The first-order chi connectivity index (χ1) is 15.4. The highest BCUT2D eigenvalue weighted by Gasteiger charge is 2.41. The number of morpholine rings is 1. The number of amides is 2. The van der Waals surface area contributed by atoms with E-state index in [9.17, 15) is 14.7 Å². The number of carboxylic acid groups (broad SMARTS) is 1. The normalized spacial score (nSPS) is 19.4. The van der Waals surface area contributed by atoms with Gasteiger partial charge in [-0.15, -0.1) is 0 Å². The second-order valence-corrected chi connectivity index (χ2v) is 8.82. The molecule has 1 aliphatic heterocycles. The molecule has 2 atom stereocenters. The minimum absolute atomic E-state index is 0.0459. The van der Waals surface area contributed by atoms with E-state index >= 15 is 0 Å². The van der Waals surface area contributed by atoms with E-state index in [1.54, 1.807) is 14.2 Å². The number of hydrogen-bond acceptors (Lipinski definition) is 6. The maximum absolute atomic E-state index is 13.4. The van der Waals surface area contributed by atoms with Crippen molar-refractivity contribution in [3.8, 4) is 11.5 Å². The first-order valence-corrected chi connectivity index (χ1v) is 11.6. The van der Waals surface area contributed by atoms with Gasteiger partial charge in [-0.1, -0.05) is 0 Å². The van der Waals surface area contributed by atoms with Crippen LogP contribution in [0, 0.1) is 0 Å². The molecule has 1 unspecified atom stereocenters. The Morgan fingerprint density at radius 1 is 1.31 bits per heavy atom. The van der Waals surface area contributed by atoms with E-state index in [4.69, 9.17) is 18.9 Å². The van der Waals surface area contributed by atoms with Gasteiger partial charge in [0.25, 0.3) is 5.91 Å². The quantitative estimate of drug-likeness (QED) is 0.478. The molecular weight excluding hydrogens is 484 g/mol. The van der Waals surface area contributed by atoms with Gasteiger partial charge in [0.1, 0.15) is 0 Å². The number of carbonyl (C=O) groups excluding carboxylic acids is 1. The van der Waals surface area contributed by atoms with Crippen molar-refractivity contribution in [3.63, 3.8) is 0 Å². The van der Waals surface area contributed by atoms with Gasteiger partial charge in [0.05, 0.1) is 37.4 Å². The van der Waals surface area contributed by atoms with Gasteiger partial charge < -0.3 is 33.9 Å². The molecule has 1 saturated carbocycles. The Kier molecular flexibility index (Phi) is 8.61. The molecule has 1 aliphatic carbocycles. The molecule has 0 spiro atoms. The van der Waals surface area contributed by atoms with Crippen LogP contribution in [0.5, 0.6) is 11.5 Å². The number of methoxy groups -OCH3 is 2. The van der Waals surface area contributed by atoms with Crippen LogP contribution in [-0.2, 0) is 14.3 Å². The Morgan fingerprint density at radius 3 is 2.69 bits per heavy atom. The van der Waals surface area contributed by atoms with Gasteiger partial charge in [0.2, 0.25) is 0 Å². The summed E-state index contributed by atoms with van der Waals surface area (Å²) in [5, 5.41) is 9.31. The van der Waals surface area contributed by atoms with Gasteiger partial charge in [-0.25, -0.2) is 4.79 Å². The summed E-state index contributed by atoms with van der Waals surface area (Å²) in [7, 11) is 3.23. The van der Waals surface area contributed by atoms with E-state index in [1.165, 1.54) is 4.90 Å². The highest BCUT2D eigenvalue weighted by Crippen LogP contribution is 2.41. The zero-order valence-corrected chi connectivity index (χ0v) is 20.3. The number of carbonyl (C=O) groups is 2. The molecule has 1 N–H and O–H groups in total. The van der Waals surface area contributed by atoms with Crippen LogP contribution in [0.2, 0.25) is 0 Å². The molecule has 1 heterocycles. The van der Waals surface area contributed by atoms with Crippen molar-refractivity contribution >= 4 is 27.9 Å². The van der Waals surface area contributed by atoms with Gasteiger partial charge >= 0.3 is 6.09 Å². The Hall–Kier alpha value is -2.04. The lowest BCUT2D eigenvalue weighted by Crippen LogP contribution is -2.53. The van der Waals surface area contributed by atoms with E-state index in [1.807, 2.05) is 24.0 Å². The minimum Gasteiger partial charge on any atom is -0.492 e. The summed E-state index contributed by atoms with van der Waals surface area (Å²) >= 11 is 3.56. The number of hydrogen-bond donors (Lipinski definition) is 1. The predicted molar refractivity (Wildman–Crippen MR) is 120 cm³/mol. The largest absolute Gasteiger partial charge is 0.492 e. The molecule has 2 fully saturated rings.